The molecule has 1 unspecified atom stereocenters. The highest BCUT2D eigenvalue weighted by atomic mass is 35.5. The Hall–Kier alpha value is -2.16. The van der Waals surface area contributed by atoms with Crippen LogP contribution in [0.5, 0.6) is 0 Å². The molecule has 8 nitrogen and oxygen atoms in total. The summed E-state index contributed by atoms with van der Waals surface area (Å²) in [6, 6.07) is 8.02. The molecule has 1 atom stereocenters. The van der Waals surface area contributed by atoms with Crippen molar-refractivity contribution in [3.63, 3.8) is 0 Å². The second kappa shape index (κ2) is 10.2. The SMILES string of the molecule is CCNC(=NCCc1nc(-c2cccc(Cl)c2)no1)N1CCC(N2CCOCC2)C1. The van der Waals surface area contributed by atoms with E-state index in [9.17, 15) is 0 Å². The number of benzene rings is 1. The van der Waals surface area contributed by atoms with Crippen LogP contribution in [-0.4, -0.2) is 84.4 Å². The number of halogens is 1. The number of nitrogens with one attached hydrogen (secondary N) is 1. The third-order valence-electron chi connectivity index (χ3n) is 5.50. The highest BCUT2D eigenvalue weighted by Crippen LogP contribution is 2.20. The third-order valence-corrected chi connectivity index (χ3v) is 5.73. The van der Waals surface area contributed by atoms with Crippen molar-refractivity contribution >= 4 is 17.6 Å². The molecule has 1 aromatic heterocycles. The number of ether oxygens (including phenoxy) is 1. The maximum Gasteiger partial charge on any atom is 0.228 e. The Kier molecular flexibility index (Phi) is 7.20. The zero-order valence-electron chi connectivity index (χ0n) is 17.4. The minimum absolute atomic E-state index is 0.552. The van der Waals surface area contributed by atoms with Gasteiger partial charge in [0, 0.05) is 55.8 Å². The fourth-order valence-corrected chi connectivity index (χ4v) is 4.15. The van der Waals surface area contributed by atoms with Gasteiger partial charge in [0.25, 0.3) is 0 Å². The summed E-state index contributed by atoms with van der Waals surface area (Å²) >= 11 is 6.05. The molecule has 2 aromatic rings. The molecule has 0 radical (unpaired) electrons. The molecule has 0 saturated carbocycles. The van der Waals surface area contributed by atoms with Crippen LogP contribution in [0.3, 0.4) is 0 Å². The van der Waals surface area contributed by atoms with E-state index < -0.39 is 0 Å². The van der Waals surface area contributed by atoms with Gasteiger partial charge in [-0.05, 0) is 25.5 Å². The number of aromatic nitrogens is 2. The normalized spacial score (nSPS) is 20.7. The quantitative estimate of drug-likeness (QED) is 0.554. The Labute approximate surface area is 182 Å². The van der Waals surface area contributed by atoms with Crippen molar-refractivity contribution in [2.24, 2.45) is 4.99 Å². The summed E-state index contributed by atoms with van der Waals surface area (Å²) in [5.41, 5.74) is 0.848. The van der Waals surface area contributed by atoms with Gasteiger partial charge in [0.1, 0.15) is 0 Å². The van der Waals surface area contributed by atoms with Gasteiger partial charge in [0.05, 0.1) is 19.8 Å². The molecule has 1 aromatic carbocycles. The van der Waals surface area contributed by atoms with Crippen molar-refractivity contribution in [2.45, 2.75) is 25.8 Å². The smallest absolute Gasteiger partial charge is 0.228 e. The molecular formula is C21H29ClN6O2. The molecule has 2 aliphatic heterocycles. The molecule has 0 aliphatic carbocycles. The van der Waals surface area contributed by atoms with Gasteiger partial charge in [-0.1, -0.05) is 28.9 Å². The van der Waals surface area contributed by atoms with E-state index in [0.29, 0.717) is 35.7 Å². The average molecular weight is 433 g/mol. The number of hydrogen-bond donors (Lipinski definition) is 1. The van der Waals surface area contributed by atoms with Crippen LogP contribution in [0.4, 0.5) is 0 Å². The van der Waals surface area contributed by atoms with Gasteiger partial charge < -0.3 is 19.5 Å². The molecule has 3 heterocycles. The van der Waals surface area contributed by atoms with E-state index in [1.165, 1.54) is 0 Å². The lowest BCUT2D eigenvalue weighted by molar-refractivity contribution is 0.0195. The summed E-state index contributed by atoms with van der Waals surface area (Å²) in [6.07, 6.45) is 1.76. The summed E-state index contributed by atoms with van der Waals surface area (Å²) in [5, 5.41) is 8.14. The van der Waals surface area contributed by atoms with Crippen molar-refractivity contribution in [3.8, 4) is 11.4 Å². The molecule has 2 fully saturated rings. The second-order valence-electron chi connectivity index (χ2n) is 7.54. The van der Waals surface area contributed by atoms with Crippen molar-refractivity contribution in [1.82, 2.24) is 25.3 Å². The average Bonchev–Trinajstić information content (AvgIpc) is 3.44. The van der Waals surface area contributed by atoms with Gasteiger partial charge >= 0.3 is 0 Å². The van der Waals surface area contributed by atoms with Gasteiger partial charge in [0.2, 0.25) is 11.7 Å². The summed E-state index contributed by atoms with van der Waals surface area (Å²) in [7, 11) is 0. The molecule has 30 heavy (non-hydrogen) atoms. The number of likely N-dealkylation sites (tertiary alicyclic amines) is 1. The number of rotatable bonds is 6. The van der Waals surface area contributed by atoms with Crippen LogP contribution in [-0.2, 0) is 11.2 Å². The molecule has 0 spiro atoms. The Morgan fingerprint density at radius 3 is 2.97 bits per heavy atom. The predicted octanol–water partition coefficient (Wildman–Crippen LogP) is 2.30. The molecule has 1 N–H and O–H groups in total. The first-order chi connectivity index (χ1) is 14.7. The van der Waals surface area contributed by atoms with Crippen LogP contribution in [0.2, 0.25) is 5.02 Å². The van der Waals surface area contributed by atoms with Gasteiger partial charge in [-0.3, -0.25) is 9.89 Å². The number of morpholine rings is 1. The Bertz CT molecular complexity index is 852. The van der Waals surface area contributed by atoms with Gasteiger partial charge in [0.15, 0.2) is 5.96 Å². The molecule has 2 aliphatic rings. The van der Waals surface area contributed by atoms with E-state index in [1.54, 1.807) is 0 Å². The van der Waals surface area contributed by atoms with E-state index in [4.69, 9.17) is 25.9 Å². The van der Waals surface area contributed by atoms with Crippen molar-refractivity contribution in [3.05, 3.63) is 35.2 Å². The first kappa shape index (κ1) is 21.1. The largest absolute Gasteiger partial charge is 0.379 e. The number of guanidine groups is 1. The number of aliphatic imine (C=N–C) groups is 1. The van der Waals surface area contributed by atoms with Crippen LogP contribution in [0.1, 0.15) is 19.2 Å². The van der Waals surface area contributed by atoms with Crippen molar-refractivity contribution in [2.75, 3.05) is 52.5 Å². The first-order valence-corrected chi connectivity index (χ1v) is 11.0. The monoisotopic (exact) mass is 432 g/mol. The van der Waals surface area contributed by atoms with Crippen LogP contribution in [0.15, 0.2) is 33.8 Å². The number of nitrogens with zero attached hydrogens (tertiary/aromatic N) is 5. The predicted molar refractivity (Wildman–Crippen MR) is 117 cm³/mol. The summed E-state index contributed by atoms with van der Waals surface area (Å²) < 4.78 is 10.9. The molecule has 162 valence electrons. The summed E-state index contributed by atoms with van der Waals surface area (Å²) in [5.74, 6) is 2.09. The lowest BCUT2D eigenvalue weighted by Gasteiger charge is -2.32. The summed E-state index contributed by atoms with van der Waals surface area (Å²) in [4.78, 5) is 14.2. The Balaban J connectivity index is 1.33. The third kappa shape index (κ3) is 5.30. The van der Waals surface area contributed by atoms with E-state index >= 15 is 0 Å². The van der Waals surface area contributed by atoms with Crippen molar-refractivity contribution in [1.29, 1.82) is 0 Å². The molecule has 2 saturated heterocycles. The maximum atomic E-state index is 6.05. The van der Waals surface area contributed by atoms with Crippen molar-refractivity contribution < 1.29 is 9.26 Å². The maximum absolute atomic E-state index is 6.05. The highest BCUT2D eigenvalue weighted by molar-refractivity contribution is 6.30. The van der Waals surface area contributed by atoms with Crippen LogP contribution < -0.4 is 5.32 Å². The van der Waals surface area contributed by atoms with E-state index in [0.717, 1.165) is 63.9 Å². The van der Waals surface area contributed by atoms with E-state index in [1.807, 2.05) is 24.3 Å². The lowest BCUT2D eigenvalue weighted by atomic mass is 10.2. The Morgan fingerprint density at radius 1 is 1.30 bits per heavy atom. The van der Waals surface area contributed by atoms with Crippen LogP contribution in [0, 0.1) is 0 Å². The molecule has 0 bridgehead atoms. The van der Waals surface area contributed by atoms with Crippen LogP contribution in [0.25, 0.3) is 11.4 Å². The molecule has 9 heteroatoms. The second-order valence-corrected chi connectivity index (χ2v) is 7.98. The highest BCUT2D eigenvalue weighted by Gasteiger charge is 2.30. The minimum atomic E-state index is 0.552. The zero-order chi connectivity index (χ0) is 20.8. The lowest BCUT2D eigenvalue weighted by Crippen LogP contribution is -2.46. The molecule has 4 rings (SSSR count). The van der Waals surface area contributed by atoms with E-state index in [2.05, 4.69) is 32.2 Å². The minimum Gasteiger partial charge on any atom is -0.379 e. The number of hydrogen-bond acceptors (Lipinski definition) is 6. The van der Waals surface area contributed by atoms with Gasteiger partial charge in [-0.15, -0.1) is 0 Å². The van der Waals surface area contributed by atoms with Gasteiger partial charge in [-0.2, -0.15) is 4.98 Å². The Morgan fingerprint density at radius 2 is 2.17 bits per heavy atom. The fraction of sp³-hybridized carbons (Fsp3) is 0.571. The van der Waals surface area contributed by atoms with E-state index in [-0.39, 0.29) is 0 Å². The molecular weight excluding hydrogens is 404 g/mol. The first-order valence-electron chi connectivity index (χ1n) is 10.7. The molecule has 0 amide bonds. The standard InChI is InChI=1S/C21H29ClN6O2/c1-2-23-21(28-9-7-18(15-28)27-10-12-29-13-11-27)24-8-6-19-25-20(26-30-19)16-4-3-5-17(22)14-16/h3-5,14,18H,2,6-13,15H2,1H3,(H,23,24). The van der Waals surface area contributed by atoms with Crippen LogP contribution >= 0.6 is 11.6 Å². The fourth-order valence-electron chi connectivity index (χ4n) is 3.96. The topological polar surface area (TPSA) is 79.0 Å². The summed E-state index contributed by atoms with van der Waals surface area (Å²) in [6.45, 7) is 9.29. The van der Waals surface area contributed by atoms with Gasteiger partial charge in [-0.25, -0.2) is 0 Å². The zero-order valence-corrected chi connectivity index (χ0v) is 18.1.